The standard InChI is InChI=1S/C14H17N3OS/c1-10(13-4-3-9-19-13)17(2)14(18)16-12-7-5-11(15)6-8-12/h3-10H,15H2,1-2H3,(H,16,18). The summed E-state index contributed by atoms with van der Waals surface area (Å²) in [4.78, 5) is 15.0. The molecule has 1 unspecified atom stereocenters. The quantitative estimate of drug-likeness (QED) is 0.841. The Hall–Kier alpha value is -2.01. The van der Waals surface area contributed by atoms with Crippen LogP contribution >= 0.6 is 11.3 Å². The van der Waals surface area contributed by atoms with Crippen molar-refractivity contribution in [2.75, 3.05) is 18.1 Å². The van der Waals surface area contributed by atoms with Gasteiger partial charge in [-0.1, -0.05) is 6.07 Å². The third-order valence-corrected chi connectivity index (χ3v) is 4.06. The van der Waals surface area contributed by atoms with Crippen molar-refractivity contribution in [3.63, 3.8) is 0 Å². The van der Waals surface area contributed by atoms with Crippen molar-refractivity contribution in [3.8, 4) is 0 Å². The van der Waals surface area contributed by atoms with Crippen LogP contribution in [0.1, 0.15) is 17.8 Å². The van der Waals surface area contributed by atoms with Crippen molar-refractivity contribution < 1.29 is 4.79 Å². The Morgan fingerprint density at radius 1 is 1.32 bits per heavy atom. The number of thiophene rings is 1. The average molecular weight is 275 g/mol. The van der Waals surface area contributed by atoms with Crippen molar-refractivity contribution in [1.29, 1.82) is 0 Å². The molecular formula is C14H17N3OS. The minimum Gasteiger partial charge on any atom is -0.399 e. The monoisotopic (exact) mass is 275 g/mol. The zero-order valence-corrected chi connectivity index (χ0v) is 11.8. The number of urea groups is 1. The van der Waals surface area contributed by atoms with E-state index in [0.717, 1.165) is 10.6 Å². The highest BCUT2D eigenvalue weighted by Crippen LogP contribution is 2.24. The number of hydrogen-bond acceptors (Lipinski definition) is 3. The van der Waals surface area contributed by atoms with Crippen molar-refractivity contribution in [2.45, 2.75) is 13.0 Å². The minimum atomic E-state index is -0.134. The number of nitrogens with one attached hydrogen (secondary N) is 1. The summed E-state index contributed by atoms with van der Waals surface area (Å²) >= 11 is 1.65. The molecule has 0 aliphatic rings. The highest BCUT2D eigenvalue weighted by atomic mass is 32.1. The Kier molecular flexibility index (Phi) is 4.06. The Morgan fingerprint density at radius 3 is 2.58 bits per heavy atom. The van der Waals surface area contributed by atoms with E-state index in [9.17, 15) is 4.79 Å². The first-order valence-electron chi connectivity index (χ1n) is 6.00. The normalized spacial score (nSPS) is 11.9. The maximum atomic E-state index is 12.1. The molecule has 0 aliphatic heterocycles. The molecule has 1 atom stereocenters. The summed E-state index contributed by atoms with van der Waals surface area (Å²) in [6.07, 6.45) is 0. The molecule has 1 aromatic carbocycles. The van der Waals surface area contributed by atoms with Gasteiger partial charge in [0.15, 0.2) is 0 Å². The van der Waals surface area contributed by atoms with E-state index in [2.05, 4.69) is 5.32 Å². The van der Waals surface area contributed by atoms with Gasteiger partial charge in [0.25, 0.3) is 0 Å². The van der Waals surface area contributed by atoms with E-state index in [1.807, 2.05) is 24.4 Å². The third kappa shape index (κ3) is 3.26. The first-order chi connectivity index (χ1) is 9.08. The van der Waals surface area contributed by atoms with Gasteiger partial charge in [-0.15, -0.1) is 11.3 Å². The van der Waals surface area contributed by atoms with Gasteiger partial charge in [-0.05, 0) is 42.6 Å². The van der Waals surface area contributed by atoms with Gasteiger partial charge >= 0.3 is 6.03 Å². The fourth-order valence-corrected chi connectivity index (χ4v) is 2.50. The molecule has 0 aliphatic carbocycles. The molecule has 4 nitrogen and oxygen atoms in total. The van der Waals surface area contributed by atoms with E-state index >= 15 is 0 Å². The van der Waals surface area contributed by atoms with E-state index in [0.29, 0.717) is 5.69 Å². The molecule has 100 valence electrons. The largest absolute Gasteiger partial charge is 0.399 e. The van der Waals surface area contributed by atoms with Gasteiger partial charge in [0.2, 0.25) is 0 Å². The second-order valence-corrected chi connectivity index (χ2v) is 5.33. The van der Waals surface area contributed by atoms with Crippen LogP contribution in [0.3, 0.4) is 0 Å². The van der Waals surface area contributed by atoms with Crippen LogP contribution in [0.5, 0.6) is 0 Å². The number of nitrogens with two attached hydrogens (primary N) is 1. The van der Waals surface area contributed by atoms with Gasteiger partial charge in [-0.3, -0.25) is 0 Å². The number of nitrogen functional groups attached to an aromatic ring is 1. The zero-order chi connectivity index (χ0) is 13.8. The maximum Gasteiger partial charge on any atom is 0.322 e. The lowest BCUT2D eigenvalue weighted by Gasteiger charge is -2.24. The van der Waals surface area contributed by atoms with Crippen molar-refractivity contribution in [3.05, 3.63) is 46.7 Å². The maximum absolute atomic E-state index is 12.1. The van der Waals surface area contributed by atoms with E-state index in [1.54, 1.807) is 47.5 Å². The number of carbonyl (C=O) groups excluding carboxylic acids is 1. The van der Waals surface area contributed by atoms with Crippen LogP contribution in [0.25, 0.3) is 0 Å². The highest BCUT2D eigenvalue weighted by molar-refractivity contribution is 7.10. The molecule has 0 bridgehead atoms. The summed E-state index contributed by atoms with van der Waals surface area (Å²) in [5.74, 6) is 0. The molecule has 3 N–H and O–H groups in total. The molecule has 0 spiro atoms. The van der Waals surface area contributed by atoms with Crippen LogP contribution in [0.2, 0.25) is 0 Å². The average Bonchev–Trinajstić information content (AvgIpc) is 2.93. The van der Waals surface area contributed by atoms with E-state index < -0.39 is 0 Å². The SMILES string of the molecule is CC(c1cccs1)N(C)C(=O)Nc1ccc(N)cc1. The number of amides is 2. The lowest BCUT2D eigenvalue weighted by molar-refractivity contribution is 0.209. The molecule has 1 aromatic heterocycles. The minimum absolute atomic E-state index is 0.0498. The Bertz CT molecular complexity index is 536. The first-order valence-corrected chi connectivity index (χ1v) is 6.88. The Morgan fingerprint density at radius 2 is 2.00 bits per heavy atom. The summed E-state index contributed by atoms with van der Waals surface area (Å²) in [7, 11) is 1.79. The topological polar surface area (TPSA) is 58.4 Å². The van der Waals surface area contributed by atoms with E-state index in [-0.39, 0.29) is 12.1 Å². The molecule has 2 aromatic rings. The lowest BCUT2D eigenvalue weighted by Crippen LogP contribution is -2.33. The van der Waals surface area contributed by atoms with E-state index in [1.165, 1.54) is 0 Å². The predicted molar refractivity (Wildman–Crippen MR) is 80.4 cm³/mol. The van der Waals surface area contributed by atoms with Gasteiger partial charge < -0.3 is 16.0 Å². The van der Waals surface area contributed by atoms with Crippen molar-refractivity contribution in [2.24, 2.45) is 0 Å². The number of nitrogens with zero attached hydrogens (tertiary/aromatic N) is 1. The molecule has 1 heterocycles. The third-order valence-electron chi connectivity index (χ3n) is 3.02. The molecule has 5 heteroatoms. The van der Waals surface area contributed by atoms with Gasteiger partial charge in [-0.25, -0.2) is 4.79 Å². The second-order valence-electron chi connectivity index (χ2n) is 4.35. The van der Waals surface area contributed by atoms with Crippen LogP contribution in [-0.2, 0) is 0 Å². The number of carbonyl (C=O) groups is 1. The summed E-state index contributed by atoms with van der Waals surface area (Å²) in [6, 6.07) is 11.0. The number of hydrogen-bond donors (Lipinski definition) is 2. The Labute approximate surface area is 116 Å². The molecule has 2 rings (SSSR count). The molecule has 0 saturated heterocycles. The van der Waals surface area contributed by atoms with Gasteiger partial charge in [0, 0.05) is 23.3 Å². The zero-order valence-electron chi connectivity index (χ0n) is 11.0. The number of rotatable bonds is 3. The number of benzene rings is 1. The first kappa shape index (κ1) is 13.4. The van der Waals surface area contributed by atoms with Crippen LogP contribution in [-0.4, -0.2) is 18.0 Å². The molecule has 2 amide bonds. The smallest absolute Gasteiger partial charge is 0.322 e. The molecular weight excluding hydrogens is 258 g/mol. The van der Waals surface area contributed by atoms with Crippen LogP contribution in [0.4, 0.5) is 16.2 Å². The fraction of sp³-hybridized carbons (Fsp3) is 0.214. The summed E-state index contributed by atoms with van der Waals surface area (Å²) in [6.45, 7) is 2.01. The van der Waals surface area contributed by atoms with Crippen molar-refractivity contribution >= 4 is 28.7 Å². The lowest BCUT2D eigenvalue weighted by atomic mass is 10.2. The summed E-state index contributed by atoms with van der Waals surface area (Å²) in [5, 5.41) is 4.86. The van der Waals surface area contributed by atoms with E-state index in [4.69, 9.17) is 5.73 Å². The van der Waals surface area contributed by atoms with Crippen molar-refractivity contribution in [1.82, 2.24) is 4.90 Å². The highest BCUT2D eigenvalue weighted by Gasteiger charge is 2.17. The molecule has 0 fully saturated rings. The molecule has 19 heavy (non-hydrogen) atoms. The van der Waals surface area contributed by atoms with Crippen LogP contribution in [0.15, 0.2) is 41.8 Å². The predicted octanol–water partition coefficient (Wildman–Crippen LogP) is 3.56. The second kappa shape index (κ2) is 5.75. The molecule has 0 radical (unpaired) electrons. The van der Waals surface area contributed by atoms with Crippen LogP contribution in [0, 0.1) is 0 Å². The van der Waals surface area contributed by atoms with Gasteiger partial charge in [0.05, 0.1) is 6.04 Å². The summed E-state index contributed by atoms with van der Waals surface area (Å²) in [5.41, 5.74) is 7.03. The van der Waals surface area contributed by atoms with Gasteiger partial charge in [0.1, 0.15) is 0 Å². The fourth-order valence-electron chi connectivity index (χ4n) is 1.67. The molecule has 0 saturated carbocycles. The Balaban J connectivity index is 2.01. The summed E-state index contributed by atoms with van der Waals surface area (Å²) < 4.78 is 0. The van der Waals surface area contributed by atoms with Crippen LogP contribution < -0.4 is 11.1 Å². The number of anilines is 2. The van der Waals surface area contributed by atoms with Gasteiger partial charge in [-0.2, -0.15) is 0 Å².